The summed E-state index contributed by atoms with van der Waals surface area (Å²) < 4.78 is 8.90. The SMILES string of the molecule is c1cc(-c2cccc3oc4cc5ccccc5cc4c23)cc(-n2c3cccc4c3c3c5c(cccc5ccc32)-c2ccccc2-4)c1. The van der Waals surface area contributed by atoms with Crippen LogP contribution in [0.1, 0.15) is 0 Å². The number of rotatable bonds is 2. The zero-order chi connectivity index (χ0) is 29.9. The average molecular weight is 584 g/mol. The van der Waals surface area contributed by atoms with E-state index >= 15 is 0 Å². The Morgan fingerprint density at radius 1 is 0.370 bits per heavy atom. The summed E-state index contributed by atoms with van der Waals surface area (Å²) in [6.07, 6.45) is 0. The van der Waals surface area contributed by atoms with Crippen molar-refractivity contribution in [2.75, 3.05) is 0 Å². The standard InChI is InChI=1S/C44H25NO/c1-2-10-28-25-40-36(24-27(28)9-1)42-31(16-8-20-39(42)46-40)29-12-5-13-30(23-29)45-37-19-7-18-35-33-15-4-3-14-32(33)34-17-6-11-26-21-22-38(45)44(41(26)34)43(35)37/h1-25H. The van der Waals surface area contributed by atoms with Crippen LogP contribution in [0, 0.1) is 0 Å². The smallest absolute Gasteiger partial charge is 0.136 e. The lowest BCUT2D eigenvalue weighted by Gasteiger charge is -2.14. The number of aromatic nitrogens is 1. The maximum Gasteiger partial charge on any atom is 0.136 e. The minimum absolute atomic E-state index is 0.912. The van der Waals surface area contributed by atoms with E-state index in [4.69, 9.17) is 4.42 Å². The predicted octanol–water partition coefficient (Wildman–Crippen LogP) is 12.3. The summed E-state index contributed by atoms with van der Waals surface area (Å²) in [6.45, 7) is 0. The van der Waals surface area contributed by atoms with Gasteiger partial charge in [0.25, 0.3) is 0 Å². The Bertz CT molecular complexity index is 2920. The van der Waals surface area contributed by atoms with Gasteiger partial charge in [0.1, 0.15) is 11.2 Å². The van der Waals surface area contributed by atoms with E-state index in [1.165, 1.54) is 76.7 Å². The molecule has 0 bridgehead atoms. The van der Waals surface area contributed by atoms with Crippen LogP contribution in [0.15, 0.2) is 156 Å². The van der Waals surface area contributed by atoms with E-state index in [9.17, 15) is 0 Å². The molecule has 11 rings (SSSR count). The van der Waals surface area contributed by atoms with Crippen molar-refractivity contribution in [3.8, 4) is 39.1 Å². The monoisotopic (exact) mass is 583 g/mol. The molecular formula is C44H25NO. The molecule has 0 radical (unpaired) electrons. The van der Waals surface area contributed by atoms with Crippen molar-refractivity contribution in [3.63, 3.8) is 0 Å². The van der Waals surface area contributed by atoms with Crippen LogP contribution >= 0.6 is 0 Å². The molecule has 212 valence electrons. The van der Waals surface area contributed by atoms with Gasteiger partial charge in [0.05, 0.1) is 11.0 Å². The van der Waals surface area contributed by atoms with Crippen molar-refractivity contribution in [2.24, 2.45) is 0 Å². The molecular weight excluding hydrogens is 558 g/mol. The van der Waals surface area contributed by atoms with E-state index in [1.54, 1.807) is 0 Å². The first-order valence-electron chi connectivity index (χ1n) is 15.9. The molecule has 2 nitrogen and oxygen atoms in total. The Hall–Kier alpha value is -6.12. The van der Waals surface area contributed by atoms with Gasteiger partial charge in [0.2, 0.25) is 0 Å². The van der Waals surface area contributed by atoms with Crippen LogP contribution in [0.3, 0.4) is 0 Å². The van der Waals surface area contributed by atoms with E-state index in [-0.39, 0.29) is 0 Å². The van der Waals surface area contributed by atoms with Gasteiger partial charge in [-0.15, -0.1) is 0 Å². The van der Waals surface area contributed by atoms with Gasteiger partial charge < -0.3 is 8.98 Å². The maximum absolute atomic E-state index is 6.44. The fourth-order valence-corrected chi connectivity index (χ4v) is 8.17. The van der Waals surface area contributed by atoms with E-state index < -0.39 is 0 Å². The molecule has 0 unspecified atom stereocenters. The molecule has 46 heavy (non-hydrogen) atoms. The van der Waals surface area contributed by atoms with Gasteiger partial charge in [-0.25, -0.2) is 0 Å². The van der Waals surface area contributed by atoms with E-state index in [2.05, 4.69) is 156 Å². The summed E-state index contributed by atoms with van der Waals surface area (Å²) >= 11 is 0. The number of benzene rings is 8. The molecule has 0 aliphatic heterocycles. The van der Waals surface area contributed by atoms with Gasteiger partial charge in [-0.05, 0) is 97.4 Å². The van der Waals surface area contributed by atoms with E-state index in [0.29, 0.717) is 0 Å². The second-order valence-electron chi connectivity index (χ2n) is 12.5. The van der Waals surface area contributed by atoms with Crippen molar-refractivity contribution in [1.82, 2.24) is 4.57 Å². The number of nitrogens with zero attached hydrogens (tertiary/aromatic N) is 1. The van der Waals surface area contributed by atoms with Gasteiger partial charge in [-0.2, -0.15) is 0 Å². The molecule has 0 amide bonds. The summed E-state index contributed by atoms with van der Waals surface area (Å²) in [5.74, 6) is 0. The number of hydrogen-bond donors (Lipinski definition) is 0. The van der Waals surface area contributed by atoms with E-state index in [1.807, 2.05) is 0 Å². The largest absolute Gasteiger partial charge is 0.456 e. The summed E-state index contributed by atoms with van der Waals surface area (Å²) in [6, 6.07) is 55.3. The molecule has 2 heteroatoms. The lowest BCUT2D eigenvalue weighted by atomic mass is 9.93. The second-order valence-corrected chi connectivity index (χ2v) is 12.5. The van der Waals surface area contributed by atoms with Crippen LogP contribution in [-0.4, -0.2) is 4.57 Å². The maximum atomic E-state index is 6.44. The topological polar surface area (TPSA) is 18.1 Å². The molecule has 10 aromatic rings. The average Bonchev–Trinajstić information content (AvgIpc) is 3.61. The van der Waals surface area contributed by atoms with Gasteiger partial charge in [-0.3, -0.25) is 0 Å². The van der Waals surface area contributed by atoms with Gasteiger partial charge in [0.15, 0.2) is 0 Å². The predicted molar refractivity (Wildman–Crippen MR) is 193 cm³/mol. The minimum atomic E-state index is 0.912. The van der Waals surface area contributed by atoms with Crippen LogP contribution in [0.5, 0.6) is 0 Å². The first kappa shape index (κ1) is 24.2. The molecule has 2 heterocycles. The molecule has 0 N–H and O–H groups in total. The Balaban J connectivity index is 1.22. The summed E-state index contributed by atoms with van der Waals surface area (Å²) in [7, 11) is 0. The molecule has 0 spiro atoms. The summed E-state index contributed by atoms with van der Waals surface area (Å²) in [5.41, 5.74) is 13.0. The lowest BCUT2D eigenvalue weighted by Crippen LogP contribution is -1.95. The zero-order valence-electron chi connectivity index (χ0n) is 24.8. The van der Waals surface area contributed by atoms with E-state index in [0.717, 1.165) is 27.6 Å². The quantitative estimate of drug-likeness (QED) is 0.198. The molecule has 0 fully saturated rings. The number of hydrogen-bond acceptors (Lipinski definition) is 1. The molecule has 0 atom stereocenters. The van der Waals surface area contributed by atoms with Crippen LogP contribution in [0.4, 0.5) is 0 Å². The number of fused-ring (bicyclic) bond motifs is 7. The van der Waals surface area contributed by atoms with Crippen LogP contribution in [0.2, 0.25) is 0 Å². The Morgan fingerprint density at radius 2 is 1.02 bits per heavy atom. The third-order valence-corrected chi connectivity index (χ3v) is 10.1. The molecule has 0 saturated heterocycles. The zero-order valence-corrected chi connectivity index (χ0v) is 24.8. The third-order valence-electron chi connectivity index (χ3n) is 10.1. The highest BCUT2D eigenvalue weighted by Gasteiger charge is 2.24. The van der Waals surface area contributed by atoms with Crippen LogP contribution < -0.4 is 0 Å². The van der Waals surface area contributed by atoms with Gasteiger partial charge >= 0.3 is 0 Å². The fourth-order valence-electron chi connectivity index (χ4n) is 8.17. The highest BCUT2D eigenvalue weighted by atomic mass is 16.3. The van der Waals surface area contributed by atoms with Crippen molar-refractivity contribution in [2.45, 2.75) is 0 Å². The molecule has 1 aliphatic carbocycles. The fraction of sp³-hybridized carbons (Fsp3) is 0. The van der Waals surface area contributed by atoms with Gasteiger partial charge in [-0.1, -0.05) is 109 Å². The van der Waals surface area contributed by atoms with Crippen molar-refractivity contribution in [1.29, 1.82) is 0 Å². The molecule has 8 aromatic carbocycles. The molecule has 2 aromatic heterocycles. The highest BCUT2D eigenvalue weighted by molar-refractivity contribution is 6.30. The minimum Gasteiger partial charge on any atom is -0.456 e. The third kappa shape index (κ3) is 3.10. The summed E-state index contributed by atoms with van der Waals surface area (Å²) in [4.78, 5) is 0. The Kier molecular flexibility index (Phi) is 4.61. The second kappa shape index (κ2) is 8.74. The lowest BCUT2D eigenvalue weighted by molar-refractivity contribution is 0.669. The highest BCUT2D eigenvalue weighted by Crippen LogP contribution is 2.49. The van der Waals surface area contributed by atoms with Gasteiger partial charge in [0, 0.05) is 27.2 Å². The molecule has 0 saturated carbocycles. The first-order valence-corrected chi connectivity index (χ1v) is 15.9. The van der Waals surface area contributed by atoms with Crippen molar-refractivity contribution >= 4 is 65.3 Å². The van der Waals surface area contributed by atoms with Crippen molar-refractivity contribution < 1.29 is 4.42 Å². The molecule has 1 aliphatic rings. The van der Waals surface area contributed by atoms with Crippen LogP contribution in [0.25, 0.3) is 104 Å². The van der Waals surface area contributed by atoms with Crippen LogP contribution in [-0.2, 0) is 0 Å². The Morgan fingerprint density at radius 3 is 1.89 bits per heavy atom. The first-order chi connectivity index (χ1) is 22.8. The summed E-state index contributed by atoms with van der Waals surface area (Å²) in [5, 5.41) is 9.97. The van der Waals surface area contributed by atoms with Crippen molar-refractivity contribution in [3.05, 3.63) is 152 Å². The normalized spacial score (nSPS) is 12.3. The number of furan rings is 1. The Labute approximate surface area is 264 Å².